The number of benzene rings is 5. The Labute approximate surface area is 202 Å². The SMILES string of the molecule is Cc1ccc(N(c2ccc(C=Cc3ccccc3)cc2)c2c(C)c(C)cc3ccccc23)cc1. The molecule has 0 radical (unpaired) electrons. The fourth-order valence-corrected chi connectivity index (χ4v) is 4.45. The molecule has 0 aromatic heterocycles. The predicted octanol–water partition coefficient (Wildman–Crippen LogP) is 9.41. The number of hydrogen-bond donors (Lipinski definition) is 0. The first-order valence-corrected chi connectivity index (χ1v) is 11.8. The molecular weight excluding hydrogens is 410 g/mol. The van der Waals surface area contributed by atoms with E-state index in [1.54, 1.807) is 0 Å². The molecule has 0 aliphatic rings. The minimum absolute atomic E-state index is 1.15. The van der Waals surface area contributed by atoms with Crippen LogP contribution in [0, 0.1) is 20.8 Å². The number of anilines is 3. The van der Waals surface area contributed by atoms with Crippen LogP contribution < -0.4 is 4.90 Å². The zero-order valence-electron chi connectivity index (χ0n) is 20.0. The number of rotatable bonds is 5. The zero-order chi connectivity index (χ0) is 23.5. The van der Waals surface area contributed by atoms with Gasteiger partial charge in [0.1, 0.15) is 0 Å². The maximum Gasteiger partial charge on any atom is 0.0571 e. The van der Waals surface area contributed by atoms with Gasteiger partial charge < -0.3 is 4.90 Å². The second-order valence-corrected chi connectivity index (χ2v) is 8.89. The molecule has 0 bridgehead atoms. The summed E-state index contributed by atoms with van der Waals surface area (Å²) in [5, 5.41) is 2.53. The Morgan fingerprint density at radius 2 is 1.12 bits per heavy atom. The molecule has 0 heterocycles. The third-order valence-corrected chi connectivity index (χ3v) is 6.47. The van der Waals surface area contributed by atoms with Crippen molar-refractivity contribution in [1.82, 2.24) is 0 Å². The highest BCUT2D eigenvalue weighted by atomic mass is 15.1. The van der Waals surface area contributed by atoms with Crippen LogP contribution in [0.3, 0.4) is 0 Å². The van der Waals surface area contributed by atoms with E-state index in [1.807, 2.05) is 6.07 Å². The summed E-state index contributed by atoms with van der Waals surface area (Å²) in [5.74, 6) is 0. The number of hydrogen-bond acceptors (Lipinski definition) is 1. The molecule has 0 aliphatic carbocycles. The molecule has 0 saturated carbocycles. The van der Waals surface area contributed by atoms with Crippen molar-refractivity contribution in [2.24, 2.45) is 0 Å². The summed E-state index contributed by atoms with van der Waals surface area (Å²) in [6.07, 6.45) is 4.33. The molecule has 0 atom stereocenters. The average Bonchev–Trinajstić information content (AvgIpc) is 2.87. The van der Waals surface area contributed by atoms with Gasteiger partial charge in [0.2, 0.25) is 0 Å². The second kappa shape index (κ2) is 9.41. The van der Waals surface area contributed by atoms with Crippen molar-refractivity contribution in [3.05, 3.63) is 137 Å². The first-order valence-electron chi connectivity index (χ1n) is 11.8. The summed E-state index contributed by atoms with van der Waals surface area (Å²) < 4.78 is 0. The summed E-state index contributed by atoms with van der Waals surface area (Å²) in [6.45, 7) is 6.57. The van der Waals surface area contributed by atoms with Crippen LogP contribution >= 0.6 is 0 Å². The van der Waals surface area contributed by atoms with Crippen molar-refractivity contribution in [2.75, 3.05) is 4.90 Å². The van der Waals surface area contributed by atoms with Crippen LogP contribution in [0.15, 0.2) is 109 Å². The number of nitrogens with zero attached hydrogens (tertiary/aromatic N) is 1. The van der Waals surface area contributed by atoms with E-state index in [0.717, 1.165) is 11.4 Å². The van der Waals surface area contributed by atoms with E-state index in [0.29, 0.717) is 0 Å². The van der Waals surface area contributed by atoms with Crippen LogP contribution in [0.1, 0.15) is 27.8 Å². The second-order valence-electron chi connectivity index (χ2n) is 8.89. The highest BCUT2D eigenvalue weighted by Gasteiger charge is 2.18. The van der Waals surface area contributed by atoms with Gasteiger partial charge in [-0.3, -0.25) is 0 Å². The maximum absolute atomic E-state index is 2.40. The summed E-state index contributed by atoms with van der Waals surface area (Å²) in [4.78, 5) is 2.40. The van der Waals surface area contributed by atoms with Crippen LogP contribution in [0.25, 0.3) is 22.9 Å². The highest BCUT2D eigenvalue weighted by Crippen LogP contribution is 2.42. The normalized spacial score (nSPS) is 11.3. The van der Waals surface area contributed by atoms with Crippen molar-refractivity contribution < 1.29 is 0 Å². The van der Waals surface area contributed by atoms with Gasteiger partial charge in [-0.15, -0.1) is 0 Å². The molecule has 34 heavy (non-hydrogen) atoms. The smallest absolute Gasteiger partial charge is 0.0571 e. The highest BCUT2D eigenvalue weighted by molar-refractivity contribution is 6.01. The van der Waals surface area contributed by atoms with Gasteiger partial charge in [-0.2, -0.15) is 0 Å². The van der Waals surface area contributed by atoms with Gasteiger partial charge in [0.15, 0.2) is 0 Å². The van der Waals surface area contributed by atoms with E-state index in [4.69, 9.17) is 0 Å². The van der Waals surface area contributed by atoms with Crippen molar-refractivity contribution in [2.45, 2.75) is 20.8 Å². The molecule has 5 aromatic rings. The molecule has 0 fully saturated rings. The molecule has 0 amide bonds. The monoisotopic (exact) mass is 439 g/mol. The molecule has 0 unspecified atom stereocenters. The molecular formula is C33H29N. The Hall–Kier alpha value is -4.10. The van der Waals surface area contributed by atoms with Crippen molar-refractivity contribution in [3.8, 4) is 0 Å². The van der Waals surface area contributed by atoms with Gasteiger partial charge in [-0.25, -0.2) is 0 Å². The molecule has 1 nitrogen and oxygen atoms in total. The summed E-state index contributed by atoms with van der Waals surface area (Å²) in [6, 6.07) is 39.0. The molecule has 0 N–H and O–H groups in total. The van der Waals surface area contributed by atoms with Crippen molar-refractivity contribution in [3.63, 3.8) is 0 Å². The van der Waals surface area contributed by atoms with Gasteiger partial charge in [0.25, 0.3) is 0 Å². The van der Waals surface area contributed by atoms with E-state index < -0.39 is 0 Å². The lowest BCUT2D eigenvalue weighted by Crippen LogP contribution is -2.12. The molecule has 0 spiro atoms. The molecule has 166 valence electrons. The van der Waals surface area contributed by atoms with Gasteiger partial charge in [0.05, 0.1) is 5.69 Å². The Balaban J connectivity index is 1.63. The fourth-order valence-electron chi connectivity index (χ4n) is 4.45. The lowest BCUT2D eigenvalue weighted by molar-refractivity contribution is 1.24. The number of aryl methyl sites for hydroxylation is 2. The van der Waals surface area contributed by atoms with Gasteiger partial charge in [-0.05, 0) is 72.7 Å². The summed E-state index contributed by atoms with van der Waals surface area (Å²) >= 11 is 0. The van der Waals surface area contributed by atoms with Gasteiger partial charge in [-0.1, -0.05) is 103 Å². The van der Waals surface area contributed by atoms with Crippen molar-refractivity contribution >= 4 is 40.0 Å². The molecule has 0 aliphatic heterocycles. The maximum atomic E-state index is 2.40. The Morgan fingerprint density at radius 1 is 0.559 bits per heavy atom. The zero-order valence-corrected chi connectivity index (χ0v) is 20.0. The van der Waals surface area contributed by atoms with Crippen LogP contribution in [0.5, 0.6) is 0 Å². The average molecular weight is 440 g/mol. The fraction of sp³-hybridized carbons (Fsp3) is 0.0909. The standard InChI is InChI=1S/C33H29N/c1-24-13-19-30(20-14-24)34(33-26(3)25(2)23-29-11-7-8-12-32(29)33)31-21-17-28(18-22-31)16-15-27-9-5-4-6-10-27/h4-23H,1-3H3. The van der Waals surface area contributed by atoms with E-state index in [1.165, 1.54) is 44.3 Å². The van der Waals surface area contributed by atoms with Gasteiger partial charge >= 0.3 is 0 Å². The minimum Gasteiger partial charge on any atom is -0.310 e. The summed E-state index contributed by atoms with van der Waals surface area (Å²) in [5.41, 5.74) is 9.80. The molecule has 1 heteroatoms. The first kappa shape index (κ1) is 21.7. The van der Waals surface area contributed by atoms with Crippen LogP contribution in [0.4, 0.5) is 17.1 Å². The Morgan fingerprint density at radius 3 is 1.79 bits per heavy atom. The van der Waals surface area contributed by atoms with E-state index in [9.17, 15) is 0 Å². The molecule has 0 saturated heterocycles. The minimum atomic E-state index is 1.15. The van der Waals surface area contributed by atoms with Gasteiger partial charge in [0, 0.05) is 16.8 Å². The lowest BCUT2D eigenvalue weighted by atomic mass is 9.98. The van der Waals surface area contributed by atoms with Crippen LogP contribution in [0.2, 0.25) is 0 Å². The lowest BCUT2D eigenvalue weighted by Gasteiger charge is -2.29. The topological polar surface area (TPSA) is 3.24 Å². The molecule has 5 rings (SSSR count). The molecule has 5 aromatic carbocycles. The van der Waals surface area contributed by atoms with E-state index >= 15 is 0 Å². The predicted molar refractivity (Wildman–Crippen MR) is 148 cm³/mol. The summed E-state index contributed by atoms with van der Waals surface area (Å²) in [7, 11) is 0. The van der Waals surface area contributed by atoms with E-state index in [2.05, 4.69) is 141 Å². The Bertz CT molecular complexity index is 1440. The van der Waals surface area contributed by atoms with E-state index in [-0.39, 0.29) is 0 Å². The van der Waals surface area contributed by atoms with Crippen LogP contribution in [-0.4, -0.2) is 0 Å². The third-order valence-electron chi connectivity index (χ3n) is 6.47. The largest absolute Gasteiger partial charge is 0.310 e. The third kappa shape index (κ3) is 4.38. The first-order chi connectivity index (χ1) is 16.6. The number of fused-ring (bicyclic) bond motifs is 1. The quantitative estimate of drug-likeness (QED) is 0.247. The Kier molecular flexibility index (Phi) is 6.01. The van der Waals surface area contributed by atoms with Crippen LogP contribution in [-0.2, 0) is 0 Å². The van der Waals surface area contributed by atoms with Crippen molar-refractivity contribution in [1.29, 1.82) is 0 Å².